The summed E-state index contributed by atoms with van der Waals surface area (Å²) in [6, 6.07) is 0. The van der Waals surface area contributed by atoms with E-state index in [-0.39, 0.29) is 5.60 Å². The van der Waals surface area contributed by atoms with Crippen LogP contribution in [0.5, 0.6) is 0 Å². The molecule has 0 aromatic heterocycles. The monoisotopic (exact) mass is 446 g/mol. The molecule has 0 bridgehead atoms. The van der Waals surface area contributed by atoms with Crippen molar-refractivity contribution in [2.24, 2.45) is 23.7 Å². The number of hydrogen-bond donors (Lipinski definition) is 0. The van der Waals surface area contributed by atoms with Gasteiger partial charge in [-0.05, 0) is 55.8 Å². The lowest BCUT2D eigenvalue weighted by molar-refractivity contribution is -0.122. The molecule has 0 N–H and O–H groups in total. The van der Waals surface area contributed by atoms with Crippen LogP contribution in [-0.4, -0.2) is 12.2 Å². The molecule has 0 unspecified atom stereocenters. The Kier molecular flexibility index (Phi) is 12.5. The fourth-order valence-corrected chi connectivity index (χ4v) is 7.53. The van der Waals surface area contributed by atoms with Crippen LogP contribution in [0.25, 0.3) is 0 Å². The van der Waals surface area contributed by atoms with Gasteiger partial charge in [-0.2, -0.15) is 0 Å². The van der Waals surface area contributed by atoms with E-state index in [9.17, 15) is 0 Å². The average molecular weight is 447 g/mol. The third-order valence-corrected chi connectivity index (χ3v) is 9.84. The Labute approximate surface area is 202 Å². The Balaban J connectivity index is 1.30. The van der Waals surface area contributed by atoms with Gasteiger partial charge in [-0.1, -0.05) is 129 Å². The molecule has 3 rings (SSSR count). The van der Waals surface area contributed by atoms with Crippen LogP contribution in [0.1, 0.15) is 162 Å². The minimum Gasteiger partial charge on any atom is -0.375 e. The Morgan fingerprint density at radius 3 is 1.69 bits per heavy atom. The molecule has 188 valence electrons. The second kappa shape index (κ2) is 15.1. The van der Waals surface area contributed by atoms with Crippen LogP contribution in [-0.2, 0) is 4.74 Å². The summed E-state index contributed by atoms with van der Waals surface area (Å²) in [5, 5.41) is 0. The minimum atomic E-state index is 0.271. The molecule has 0 heterocycles. The first-order valence-corrected chi connectivity index (χ1v) is 15.4. The normalized spacial score (nSPS) is 30.9. The smallest absolute Gasteiger partial charge is 0.0710 e. The van der Waals surface area contributed by atoms with E-state index >= 15 is 0 Å². The van der Waals surface area contributed by atoms with Crippen molar-refractivity contribution in [2.45, 2.75) is 167 Å². The zero-order chi connectivity index (χ0) is 22.5. The van der Waals surface area contributed by atoms with Gasteiger partial charge in [0, 0.05) is 6.61 Å². The second-order valence-electron chi connectivity index (χ2n) is 12.2. The highest BCUT2D eigenvalue weighted by molar-refractivity contribution is 4.93. The summed E-state index contributed by atoms with van der Waals surface area (Å²) < 4.78 is 6.70. The summed E-state index contributed by atoms with van der Waals surface area (Å²) in [5.41, 5.74) is 0.271. The van der Waals surface area contributed by atoms with Crippen molar-refractivity contribution in [3.63, 3.8) is 0 Å². The molecule has 0 aromatic carbocycles. The van der Waals surface area contributed by atoms with Crippen molar-refractivity contribution in [3.8, 4) is 0 Å². The summed E-state index contributed by atoms with van der Waals surface area (Å²) in [5.74, 6) is 4.02. The van der Waals surface area contributed by atoms with Crippen LogP contribution in [0.15, 0.2) is 0 Å². The highest BCUT2D eigenvalue weighted by atomic mass is 16.5. The molecule has 0 radical (unpaired) electrons. The molecule has 0 spiro atoms. The standard InChI is InChI=1S/C31H58O/c1-3-5-7-8-10-13-27-14-16-28(17-15-27)18-19-29-20-22-30(23-21-29)31(32-26-6-4-2)24-11-9-12-25-31/h27-30H,3-26H2,1-2H3/t27-,28-,29-,30-. The van der Waals surface area contributed by atoms with Gasteiger partial charge in [-0.25, -0.2) is 0 Å². The van der Waals surface area contributed by atoms with Gasteiger partial charge in [0.15, 0.2) is 0 Å². The molecule has 0 atom stereocenters. The predicted octanol–water partition coefficient (Wildman–Crippen LogP) is 10.3. The molecule has 3 fully saturated rings. The predicted molar refractivity (Wildman–Crippen MR) is 140 cm³/mol. The fraction of sp³-hybridized carbons (Fsp3) is 1.00. The number of rotatable bonds is 14. The first-order chi connectivity index (χ1) is 15.8. The van der Waals surface area contributed by atoms with Crippen molar-refractivity contribution in [1.29, 1.82) is 0 Å². The molecule has 3 aliphatic carbocycles. The van der Waals surface area contributed by atoms with E-state index in [2.05, 4.69) is 13.8 Å². The maximum absolute atomic E-state index is 6.70. The molecule has 3 saturated carbocycles. The molecule has 0 amide bonds. The molecule has 0 aliphatic heterocycles. The van der Waals surface area contributed by atoms with Crippen LogP contribution in [0.3, 0.4) is 0 Å². The summed E-state index contributed by atoms with van der Waals surface area (Å²) >= 11 is 0. The number of hydrogen-bond acceptors (Lipinski definition) is 1. The minimum absolute atomic E-state index is 0.271. The summed E-state index contributed by atoms with van der Waals surface area (Å²) in [6.07, 6.45) is 33.5. The van der Waals surface area contributed by atoms with E-state index < -0.39 is 0 Å². The molecule has 1 nitrogen and oxygen atoms in total. The largest absolute Gasteiger partial charge is 0.375 e. The van der Waals surface area contributed by atoms with E-state index in [1.807, 2.05) is 0 Å². The van der Waals surface area contributed by atoms with E-state index in [0.717, 1.165) is 30.3 Å². The van der Waals surface area contributed by atoms with Gasteiger partial charge in [-0.3, -0.25) is 0 Å². The van der Waals surface area contributed by atoms with Gasteiger partial charge in [0.1, 0.15) is 0 Å². The van der Waals surface area contributed by atoms with Gasteiger partial charge in [-0.15, -0.1) is 0 Å². The lowest BCUT2D eigenvalue weighted by Gasteiger charge is -2.46. The van der Waals surface area contributed by atoms with Crippen molar-refractivity contribution < 1.29 is 4.74 Å². The Morgan fingerprint density at radius 2 is 1.09 bits per heavy atom. The van der Waals surface area contributed by atoms with Crippen molar-refractivity contribution in [2.75, 3.05) is 6.61 Å². The highest BCUT2D eigenvalue weighted by Gasteiger charge is 2.42. The van der Waals surface area contributed by atoms with Gasteiger partial charge < -0.3 is 4.74 Å². The van der Waals surface area contributed by atoms with Gasteiger partial charge in [0.05, 0.1) is 5.60 Å². The first-order valence-electron chi connectivity index (χ1n) is 15.4. The van der Waals surface area contributed by atoms with Crippen LogP contribution >= 0.6 is 0 Å². The summed E-state index contributed by atoms with van der Waals surface area (Å²) in [6.45, 7) is 5.63. The van der Waals surface area contributed by atoms with E-state index in [0.29, 0.717) is 0 Å². The Hall–Kier alpha value is -0.0400. The van der Waals surface area contributed by atoms with Crippen molar-refractivity contribution in [3.05, 3.63) is 0 Å². The molecule has 32 heavy (non-hydrogen) atoms. The maximum atomic E-state index is 6.70. The van der Waals surface area contributed by atoms with E-state index in [4.69, 9.17) is 4.74 Å². The lowest BCUT2D eigenvalue weighted by atomic mass is 9.67. The van der Waals surface area contributed by atoms with Gasteiger partial charge in [0.2, 0.25) is 0 Å². The summed E-state index contributed by atoms with van der Waals surface area (Å²) in [7, 11) is 0. The fourth-order valence-electron chi connectivity index (χ4n) is 7.53. The van der Waals surface area contributed by atoms with Crippen LogP contribution in [0.4, 0.5) is 0 Å². The zero-order valence-corrected chi connectivity index (χ0v) is 22.2. The third-order valence-electron chi connectivity index (χ3n) is 9.84. The van der Waals surface area contributed by atoms with Gasteiger partial charge >= 0.3 is 0 Å². The van der Waals surface area contributed by atoms with Crippen molar-refractivity contribution in [1.82, 2.24) is 0 Å². The van der Waals surface area contributed by atoms with Crippen LogP contribution in [0, 0.1) is 23.7 Å². The molecular weight excluding hydrogens is 388 g/mol. The molecule has 3 aliphatic rings. The maximum Gasteiger partial charge on any atom is 0.0710 e. The Morgan fingerprint density at radius 1 is 0.562 bits per heavy atom. The Bertz CT molecular complexity index is 449. The van der Waals surface area contributed by atoms with E-state index in [1.165, 1.54) is 122 Å². The number of ether oxygens (including phenoxy) is 1. The summed E-state index contributed by atoms with van der Waals surface area (Å²) in [4.78, 5) is 0. The zero-order valence-electron chi connectivity index (χ0n) is 22.2. The molecule has 0 saturated heterocycles. The highest BCUT2D eigenvalue weighted by Crippen LogP contribution is 2.46. The van der Waals surface area contributed by atoms with Gasteiger partial charge in [0.25, 0.3) is 0 Å². The lowest BCUT2D eigenvalue weighted by Crippen LogP contribution is -2.44. The molecular formula is C31H58O. The second-order valence-corrected chi connectivity index (χ2v) is 12.2. The topological polar surface area (TPSA) is 9.23 Å². The SMILES string of the molecule is CCCCCCC[C@H]1CC[C@H](CC[C@H]2CC[C@H](C3(OCCCC)CCCCC3)CC2)CC1. The third kappa shape index (κ3) is 8.63. The average Bonchev–Trinajstić information content (AvgIpc) is 2.84. The molecule has 1 heteroatoms. The van der Waals surface area contributed by atoms with E-state index in [1.54, 1.807) is 25.7 Å². The van der Waals surface area contributed by atoms with Crippen LogP contribution in [0.2, 0.25) is 0 Å². The molecule has 0 aromatic rings. The quantitative estimate of drug-likeness (QED) is 0.241. The number of unbranched alkanes of at least 4 members (excludes halogenated alkanes) is 5. The van der Waals surface area contributed by atoms with Crippen molar-refractivity contribution >= 4 is 0 Å². The van der Waals surface area contributed by atoms with Crippen LogP contribution < -0.4 is 0 Å². The first kappa shape index (κ1) is 26.6.